The Morgan fingerprint density at radius 2 is 2.19 bits per heavy atom. The van der Waals surface area contributed by atoms with Crippen LogP contribution < -0.4 is 10.2 Å². The number of nitrogens with zero attached hydrogens (tertiary/aromatic N) is 3. The maximum absolute atomic E-state index is 14.2. The molecule has 0 unspecified atom stereocenters. The number of anilines is 1. The molecule has 1 amide bonds. The molecule has 1 aromatic carbocycles. The number of carbonyl (C=O) groups is 1. The summed E-state index contributed by atoms with van der Waals surface area (Å²) in [6.07, 6.45) is 1.27. The van der Waals surface area contributed by atoms with Crippen LogP contribution >= 0.6 is 0 Å². The van der Waals surface area contributed by atoms with Gasteiger partial charge in [-0.15, -0.1) is 0 Å². The Morgan fingerprint density at radius 1 is 1.38 bits per heavy atom. The molecule has 1 saturated heterocycles. The van der Waals surface area contributed by atoms with Gasteiger partial charge in [0.15, 0.2) is 0 Å². The van der Waals surface area contributed by atoms with Crippen LogP contribution in [0.4, 0.5) is 14.5 Å². The van der Waals surface area contributed by atoms with E-state index in [2.05, 4.69) is 10.3 Å². The largest absolute Gasteiger partial charge is 0.359 e. The average molecular weight is 288 g/mol. The summed E-state index contributed by atoms with van der Waals surface area (Å²) in [4.78, 5) is 17.0. The summed E-state index contributed by atoms with van der Waals surface area (Å²) in [7, 11) is 0. The molecule has 1 aliphatic heterocycles. The fourth-order valence-corrected chi connectivity index (χ4v) is 2.47. The number of nitrogens with one attached hydrogen (secondary N) is 1. The summed E-state index contributed by atoms with van der Waals surface area (Å²) < 4.78 is 27.5. The van der Waals surface area contributed by atoms with Crippen LogP contribution in [0.2, 0.25) is 0 Å². The molecule has 1 fully saturated rings. The summed E-state index contributed by atoms with van der Waals surface area (Å²) in [5, 5.41) is 11.9. The summed E-state index contributed by atoms with van der Waals surface area (Å²) in [6, 6.07) is 3.80. The second-order valence-corrected chi connectivity index (χ2v) is 4.69. The van der Waals surface area contributed by atoms with Crippen molar-refractivity contribution in [2.75, 3.05) is 24.5 Å². The van der Waals surface area contributed by atoms with Crippen LogP contribution in [0.5, 0.6) is 0 Å². The van der Waals surface area contributed by atoms with Crippen LogP contribution in [-0.2, 0) is 4.79 Å². The van der Waals surface area contributed by atoms with E-state index in [1.54, 1.807) is 4.90 Å². The smallest absolute Gasteiger partial charge is 0.239 e. The van der Waals surface area contributed by atoms with Crippen LogP contribution in [0.25, 0.3) is 10.9 Å². The maximum Gasteiger partial charge on any atom is 0.239 e. The fraction of sp³-hybridized carbons (Fsp3) is 0.214. The first-order valence-electron chi connectivity index (χ1n) is 6.29. The number of hydrogen-bond acceptors (Lipinski definition) is 4. The van der Waals surface area contributed by atoms with Gasteiger partial charge in [-0.05, 0) is 0 Å². The Hall–Kier alpha value is -2.75. The minimum atomic E-state index is -0.796. The van der Waals surface area contributed by atoms with Crippen molar-refractivity contribution < 1.29 is 13.6 Å². The second kappa shape index (κ2) is 4.98. The van der Waals surface area contributed by atoms with E-state index in [0.29, 0.717) is 13.1 Å². The highest BCUT2D eigenvalue weighted by molar-refractivity contribution is 5.97. The van der Waals surface area contributed by atoms with E-state index >= 15 is 0 Å². The predicted molar refractivity (Wildman–Crippen MR) is 71.6 cm³/mol. The number of amides is 1. The Labute approximate surface area is 118 Å². The van der Waals surface area contributed by atoms with E-state index in [9.17, 15) is 18.8 Å². The molecule has 0 aliphatic carbocycles. The van der Waals surface area contributed by atoms with E-state index in [0.717, 1.165) is 12.1 Å². The van der Waals surface area contributed by atoms with Gasteiger partial charge in [0.25, 0.3) is 0 Å². The van der Waals surface area contributed by atoms with Gasteiger partial charge in [0.05, 0.1) is 28.7 Å². The van der Waals surface area contributed by atoms with Crippen LogP contribution in [0.3, 0.4) is 0 Å². The molecule has 21 heavy (non-hydrogen) atoms. The van der Waals surface area contributed by atoms with Crippen LogP contribution in [0.15, 0.2) is 18.3 Å². The van der Waals surface area contributed by atoms with Crippen LogP contribution in [-0.4, -0.2) is 30.5 Å². The third-order valence-electron chi connectivity index (χ3n) is 3.33. The van der Waals surface area contributed by atoms with E-state index in [1.807, 2.05) is 6.07 Å². The van der Waals surface area contributed by atoms with Gasteiger partial charge in [-0.1, -0.05) is 0 Å². The number of nitriles is 1. The first-order valence-corrected chi connectivity index (χ1v) is 6.29. The molecule has 3 rings (SSSR count). The van der Waals surface area contributed by atoms with Crippen LogP contribution in [0.1, 0.15) is 5.56 Å². The van der Waals surface area contributed by atoms with Gasteiger partial charge in [-0.3, -0.25) is 9.78 Å². The topological polar surface area (TPSA) is 69.0 Å². The molecule has 0 bridgehead atoms. The highest BCUT2D eigenvalue weighted by atomic mass is 19.1. The summed E-state index contributed by atoms with van der Waals surface area (Å²) in [6.45, 7) is 0.858. The number of benzene rings is 1. The lowest BCUT2D eigenvalue weighted by Crippen LogP contribution is -2.48. The minimum Gasteiger partial charge on any atom is -0.359 e. The van der Waals surface area contributed by atoms with Crippen molar-refractivity contribution in [2.24, 2.45) is 0 Å². The molecule has 106 valence electrons. The van der Waals surface area contributed by atoms with Crippen molar-refractivity contribution in [3.05, 3.63) is 35.5 Å². The number of carbonyl (C=O) groups excluding carboxylic acids is 1. The van der Waals surface area contributed by atoms with Crippen molar-refractivity contribution in [3.63, 3.8) is 0 Å². The van der Waals surface area contributed by atoms with Gasteiger partial charge in [0.2, 0.25) is 5.91 Å². The minimum absolute atomic E-state index is 0.0185. The highest BCUT2D eigenvalue weighted by Crippen LogP contribution is 2.32. The maximum atomic E-state index is 14.2. The fourth-order valence-electron chi connectivity index (χ4n) is 2.47. The zero-order valence-electron chi connectivity index (χ0n) is 10.9. The normalized spacial score (nSPS) is 14.9. The monoisotopic (exact) mass is 288 g/mol. The summed E-state index contributed by atoms with van der Waals surface area (Å²) >= 11 is 0. The Balaban J connectivity index is 2.28. The van der Waals surface area contributed by atoms with E-state index in [4.69, 9.17) is 0 Å². The molecule has 2 aromatic rings. The van der Waals surface area contributed by atoms with Crippen molar-refractivity contribution in [1.82, 2.24) is 10.3 Å². The molecule has 0 saturated carbocycles. The SMILES string of the molecule is N#Cc1cnc2cc(F)cc(F)c2c1N1CCNC(=O)C1. The number of piperazine rings is 1. The Kier molecular flexibility index (Phi) is 3.14. The van der Waals surface area contributed by atoms with Crippen molar-refractivity contribution in [1.29, 1.82) is 5.26 Å². The molecular weight excluding hydrogens is 278 g/mol. The number of pyridine rings is 1. The van der Waals surface area contributed by atoms with Gasteiger partial charge < -0.3 is 10.2 Å². The molecular formula is C14H10F2N4O. The van der Waals surface area contributed by atoms with Gasteiger partial charge in [0.1, 0.15) is 17.7 Å². The predicted octanol–water partition coefficient (Wildman–Crippen LogP) is 1.32. The number of hydrogen-bond donors (Lipinski definition) is 1. The lowest BCUT2D eigenvalue weighted by Gasteiger charge is -2.30. The molecule has 7 heteroatoms. The average Bonchev–Trinajstić information content (AvgIpc) is 2.45. The van der Waals surface area contributed by atoms with Gasteiger partial charge in [-0.2, -0.15) is 5.26 Å². The summed E-state index contributed by atoms with van der Waals surface area (Å²) in [5.74, 6) is -1.74. The third-order valence-corrected chi connectivity index (χ3v) is 3.33. The zero-order chi connectivity index (χ0) is 15.0. The van der Waals surface area contributed by atoms with Gasteiger partial charge >= 0.3 is 0 Å². The molecule has 1 N–H and O–H groups in total. The van der Waals surface area contributed by atoms with Crippen molar-refractivity contribution in [2.45, 2.75) is 0 Å². The first kappa shape index (κ1) is 13.2. The molecule has 0 spiro atoms. The molecule has 0 atom stereocenters. The number of rotatable bonds is 1. The number of halogens is 2. The Morgan fingerprint density at radius 3 is 2.90 bits per heavy atom. The van der Waals surface area contributed by atoms with E-state index in [-0.39, 0.29) is 34.6 Å². The number of aromatic nitrogens is 1. The number of fused-ring (bicyclic) bond motifs is 1. The third kappa shape index (κ3) is 2.25. The van der Waals surface area contributed by atoms with Gasteiger partial charge in [-0.25, -0.2) is 8.78 Å². The molecule has 1 aliphatic rings. The van der Waals surface area contributed by atoms with Gasteiger partial charge in [0, 0.05) is 31.4 Å². The van der Waals surface area contributed by atoms with Crippen molar-refractivity contribution >= 4 is 22.5 Å². The van der Waals surface area contributed by atoms with Crippen molar-refractivity contribution in [3.8, 4) is 6.07 Å². The van der Waals surface area contributed by atoms with Crippen LogP contribution in [0, 0.1) is 23.0 Å². The highest BCUT2D eigenvalue weighted by Gasteiger charge is 2.23. The molecule has 1 aromatic heterocycles. The second-order valence-electron chi connectivity index (χ2n) is 4.69. The Bertz CT molecular complexity index is 785. The zero-order valence-corrected chi connectivity index (χ0v) is 10.9. The molecule has 2 heterocycles. The lowest BCUT2D eigenvalue weighted by atomic mass is 10.1. The quantitative estimate of drug-likeness (QED) is 0.859. The first-order chi connectivity index (χ1) is 10.1. The standard InChI is InChI=1S/C14H10F2N4O/c15-9-3-10(16)13-11(4-9)19-6-8(5-17)14(13)20-2-1-18-12(21)7-20/h3-4,6H,1-2,7H2,(H,18,21). The van der Waals surface area contributed by atoms with E-state index in [1.165, 1.54) is 6.20 Å². The lowest BCUT2D eigenvalue weighted by molar-refractivity contribution is -0.120. The van der Waals surface area contributed by atoms with E-state index < -0.39 is 11.6 Å². The summed E-state index contributed by atoms with van der Waals surface area (Å²) in [5.41, 5.74) is 0.560. The molecule has 5 nitrogen and oxygen atoms in total. The molecule has 0 radical (unpaired) electrons.